The second-order valence-corrected chi connectivity index (χ2v) is 4.25. The Kier molecular flexibility index (Phi) is 3.25. The maximum absolute atomic E-state index is 8.98. The van der Waals surface area contributed by atoms with Crippen molar-refractivity contribution in [1.29, 1.82) is 0 Å². The van der Waals surface area contributed by atoms with Crippen LogP contribution in [0.1, 0.15) is 17.2 Å². The summed E-state index contributed by atoms with van der Waals surface area (Å²) in [4.78, 5) is 0. The van der Waals surface area contributed by atoms with Crippen molar-refractivity contribution in [2.24, 2.45) is 5.73 Å². The van der Waals surface area contributed by atoms with Crippen LogP contribution in [0.5, 0.6) is 5.75 Å². The highest BCUT2D eigenvalue weighted by Crippen LogP contribution is 2.34. The van der Waals surface area contributed by atoms with Gasteiger partial charge in [0.05, 0.1) is 23.7 Å². The standard InChI is InChI=1S/C10H12BrNO3/c11-8-2-6(9(12)3-13)1-7-4-14-5-15-10(7)8/h1-2,9,13H,3-5,12H2. The Labute approximate surface area is 96.1 Å². The van der Waals surface area contributed by atoms with Gasteiger partial charge in [-0.15, -0.1) is 0 Å². The lowest BCUT2D eigenvalue weighted by atomic mass is 10.0. The van der Waals surface area contributed by atoms with Crippen molar-refractivity contribution in [1.82, 2.24) is 0 Å². The van der Waals surface area contributed by atoms with Gasteiger partial charge in [-0.1, -0.05) is 0 Å². The molecule has 1 aliphatic heterocycles. The fourth-order valence-corrected chi connectivity index (χ4v) is 2.15. The molecule has 1 atom stereocenters. The Bertz CT molecular complexity index is 370. The smallest absolute Gasteiger partial charge is 0.189 e. The molecule has 0 amide bonds. The minimum Gasteiger partial charge on any atom is -0.466 e. The SMILES string of the molecule is NC(CO)c1cc(Br)c2c(c1)COCO2. The van der Waals surface area contributed by atoms with Crippen molar-refractivity contribution in [2.45, 2.75) is 12.6 Å². The molecule has 15 heavy (non-hydrogen) atoms. The number of benzene rings is 1. The van der Waals surface area contributed by atoms with E-state index in [0.717, 1.165) is 21.3 Å². The van der Waals surface area contributed by atoms with Crippen molar-refractivity contribution in [2.75, 3.05) is 13.4 Å². The van der Waals surface area contributed by atoms with E-state index in [1.165, 1.54) is 0 Å². The molecule has 5 heteroatoms. The number of fused-ring (bicyclic) bond motifs is 1. The monoisotopic (exact) mass is 273 g/mol. The van der Waals surface area contributed by atoms with Crippen molar-refractivity contribution in [3.63, 3.8) is 0 Å². The van der Waals surface area contributed by atoms with E-state index < -0.39 is 0 Å². The summed E-state index contributed by atoms with van der Waals surface area (Å²) >= 11 is 3.41. The van der Waals surface area contributed by atoms with E-state index in [1.807, 2.05) is 12.1 Å². The van der Waals surface area contributed by atoms with Crippen LogP contribution >= 0.6 is 15.9 Å². The highest BCUT2D eigenvalue weighted by Gasteiger charge is 2.17. The molecular weight excluding hydrogens is 262 g/mol. The number of aliphatic hydroxyl groups is 1. The summed E-state index contributed by atoms with van der Waals surface area (Å²) in [5.74, 6) is 0.801. The summed E-state index contributed by atoms with van der Waals surface area (Å²) in [5, 5.41) is 8.98. The molecular formula is C10H12BrNO3. The second-order valence-electron chi connectivity index (χ2n) is 3.39. The number of hydrogen-bond donors (Lipinski definition) is 2. The second kappa shape index (κ2) is 4.49. The predicted octanol–water partition coefficient (Wildman–Crippen LogP) is 1.31. The largest absolute Gasteiger partial charge is 0.466 e. The average molecular weight is 274 g/mol. The van der Waals surface area contributed by atoms with Crippen LogP contribution in [-0.2, 0) is 11.3 Å². The van der Waals surface area contributed by atoms with Gasteiger partial charge in [-0.2, -0.15) is 0 Å². The van der Waals surface area contributed by atoms with Gasteiger partial charge in [0.2, 0.25) is 0 Å². The number of nitrogens with two attached hydrogens (primary N) is 1. The van der Waals surface area contributed by atoms with Gasteiger partial charge in [-0.3, -0.25) is 0 Å². The van der Waals surface area contributed by atoms with E-state index in [4.69, 9.17) is 20.3 Å². The molecule has 0 fully saturated rings. The first-order valence-corrected chi connectivity index (χ1v) is 5.41. The number of aliphatic hydroxyl groups excluding tert-OH is 1. The van der Waals surface area contributed by atoms with Gasteiger partial charge in [0, 0.05) is 5.56 Å². The summed E-state index contributed by atoms with van der Waals surface area (Å²) in [6.07, 6.45) is 0. The maximum atomic E-state index is 8.98. The van der Waals surface area contributed by atoms with E-state index in [0.29, 0.717) is 6.61 Å². The zero-order chi connectivity index (χ0) is 10.8. The fraction of sp³-hybridized carbons (Fsp3) is 0.400. The van der Waals surface area contributed by atoms with Gasteiger partial charge < -0.3 is 20.3 Å². The Morgan fingerprint density at radius 1 is 1.53 bits per heavy atom. The molecule has 1 aromatic rings. The van der Waals surface area contributed by atoms with Crippen molar-refractivity contribution in [3.8, 4) is 5.75 Å². The van der Waals surface area contributed by atoms with Crippen LogP contribution < -0.4 is 10.5 Å². The van der Waals surface area contributed by atoms with Gasteiger partial charge in [-0.25, -0.2) is 0 Å². The molecule has 0 bridgehead atoms. The molecule has 0 aliphatic carbocycles. The van der Waals surface area contributed by atoms with Crippen LogP contribution in [0.2, 0.25) is 0 Å². The first kappa shape index (κ1) is 10.9. The molecule has 2 rings (SSSR count). The fourth-order valence-electron chi connectivity index (χ4n) is 1.51. The number of hydrogen-bond acceptors (Lipinski definition) is 4. The maximum Gasteiger partial charge on any atom is 0.189 e. The molecule has 0 aromatic heterocycles. The third-order valence-electron chi connectivity index (χ3n) is 2.31. The lowest BCUT2D eigenvalue weighted by Gasteiger charge is -2.21. The summed E-state index contributed by atoms with van der Waals surface area (Å²) in [6, 6.07) is 3.40. The minimum absolute atomic E-state index is 0.0764. The molecule has 3 N–H and O–H groups in total. The minimum atomic E-state index is -0.367. The van der Waals surface area contributed by atoms with E-state index in [-0.39, 0.29) is 19.4 Å². The predicted molar refractivity (Wildman–Crippen MR) is 58.4 cm³/mol. The van der Waals surface area contributed by atoms with Crippen molar-refractivity contribution >= 4 is 15.9 Å². The normalized spacial score (nSPS) is 16.7. The van der Waals surface area contributed by atoms with E-state index >= 15 is 0 Å². The van der Waals surface area contributed by atoms with Gasteiger partial charge in [-0.05, 0) is 33.6 Å². The quantitative estimate of drug-likeness (QED) is 0.853. The van der Waals surface area contributed by atoms with Gasteiger partial charge >= 0.3 is 0 Å². The molecule has 1 aliphatic rings. The molecule has 0 spiro atoms. The summed E-state index contributed by atoms with van der Waals surface area (Å²) in [5.41, 5.74) is 7.57. The molecule has 1 unspecified atom stereocenters. The average Bonchev–Trinajstić information content (AvgIpc) is 2.28. The van der Waals surface area contributed by atoms with E-state index in [1.54, 1.807) is 0 Å². The zero-order valence-electron chi connectivity index (χ0n) is 8.07. The molecule has 1 heterocycles. The van der Waals surface area contributed by atoms with Gasteiger partial charge in [0.25, 0.3) is 0 Å². The Hall–Kier alpha value is -0.620. The first-order valence-electron chi connectivity index (χ1n) is 4.61. The summed E-state index contributed by atoms with van der Waals surface area (Å²) in [6.45, 7) is 0.712. The molecule has 0 saturated heterocycles. The van der Waals surface area contributed by atoms with E-state index in [2.05, 4.69) is 15.9 Å². The van der Waals surface area contributed by atoms with Gasteiger partial charge in [0.15, 0.2) is 6.79 Å². The van der Waals surface area contributed by atoms with Crippen molar-refractivity contribution < 1.29 is 14.6 Å². The number of rotatable bonds is 2. The zero-order valence-corrected chi connectivity index (χ0v) is 9.66. The lowest BCUT2D eigenvalue weighted by molar-refractivity contribution is -0.0170. The van der Waals surface area contributed by atoms with Gasteiger partial charge in [0.1, 0.15) is 5.75 Å². The van der Waals surface area contributed by atoms with Crippen LogP contribution in [0.4, 0.5) is 0 Å². The number of ether oxygens (including phenoxy) is 2. The van der Waals surface area contributed by atoms with E-state index in [9.17, 15) is 0 Å². The molecule has 0 saturated carbocycles. The first-order chi connectivity index (χ1) is 7.22. The molecule has 4 nitrogen and oxygen atoms in total. The van der Waals surface area contributed by atoms with Crippen LogP contribution in [0.15, 0.2) is 16.6 Å². The highest BCUT2D eigenvalue weighted by atomic mass is 79.9. The summed E-state index contributed by atoms with van der Waals surface area (Å²) < 4.78 is 11.4. The van der Waals surface area contributed by atoms with Crippen LogP contribution in [0.25, 0.3) is 0 Å². The molecule has 1 aromatic carbocycles. The Balaban J connectivity index is 2.40. The topological polar surface area (TPSA) is 64.7 Å². The highest BCUT2D eigenvalue weighted by molar-refractivity contribution is 9.10. The van der Waals surface area contributed by atoms with Crippen LogP contribution in [-0.4, -0.2) is 18.5 Å². The molecule has 82 valence electrons. The third kappa shape index (κ3) is 2.15. The summed E-state index contributed by atoms with van der Waals surface area (Å²) in [7, 11) is 0. The van der Waals surface area contributed by atoms with Crippen LogP contribution in [0.3, 0.4) is 0 Å². The number of halogens is 1. The Morgan fingerprint density at radius 2 is 2.33 bits per heavy atom. The van der Waals surface area contributed by atoms with Crippen molar-refractivity contribution in [3.05, 3.63) is 27.7 Å². The third-order valence-corrected chi connectivity index (χ3v) is 2.90. The molecule has 0 radical (unpaired) electrons. The Morgan fingerprint density at radius 3 is 3.07 bits per heavy atom. The van der Waals surface area contributed by atoms with Crippen LogP contribution in [0, 0.1) is 0 Å². The lowest BCUT2D eigenvalue weighted by Crippen LogP contribution is -2.17.